The Kier molecular flexibility index (Phi) is 5.99. The van der Waals surface area contributed by atoms with Crippen molar-refractivity contribution in [1.29, 1.82) is 0 Å². The first-order valence-corrected chi connectivity index (χ1v) is 11.6. The van der Waals surface area contributed by atoms with E-state index in [1.54, 1.807) is 0 Å². The summed E-state index contributed by atoms with van der Waals surface area (Å²) in [4.78, 5) is 12.6. The summed E-state index contributed by atoms with van der Waals surface area (Å²) in [5.74, 6) is -0.482. The van der Waals surface area contributed by atoms with E-state index in [9.17, 15) is 13.2 Å². The van der Waals surface area contributed by atoms with Gasteiger partial charge in [-0.2, -0.15) is 0 Å². The molecule has 0 spiro atoms. The summed E-state index contributed by atoms with van der Waals surface area (Å²) < 4.78 is 25.8. The lowest BCUT2D eigenvalue weighted by atomic mass is 10.1. The van der Waals surface area contributed by atoms with E-state index in [4.69, 9.17) is 0 Å². The van der Waals surface area contributed by atoms with Crippen LogP contribution in [0.2, 0.25) is 0 Å². The van der Waals surface area contributed by atoms with Crippen LogP contribution in [0.5, 0.6) is 0 Å². The summed E-state index contributed by atoms with van der Waals surface area (Å²) >= 11 is 1.23. The zero-order valence-electron chi connectivity index (χ0n) is 16.6. The minimum atomic E-state index is -3.65. The van der Waals surface area contributed by atoms with E-state index in [1.165, 1.54) is 11.3 Å². The molecule has 0 fully saturated rings. The molecule has 1 aromatic heterocycles. The van der Waals surface area contributed by atoms with Gasteiger partial charge in [-0.05, 0) is 31.9 Å². The Morgan fingerprint density at radius 3 is 2.24 bits per heavy atom. The Hall–Kier alpha value is -2.78. The Balaban J connectivity index is 1.79. The van der Waals surface area contributed by atoms with E-state index < -0.39 is 15.9 Å². The molecule has 0 atom stereocenters. The minimum absolute atomic E-state index is 0.320. The van der Waals surface area contributed by atoms with Gasteiger partial charge in [-0.3, -0.25) is 14.4 Å². The number of aromatic nitrogens is 2. The molecular formula is C20H22N4O3S2. The van der Waals surface area contributed by atoms with Gasteiger partial charge < -0.3 is 0 Å². The standard InChI is InChI=1S/C20H22N4O3S2/c1-13-8-10-16(11-9-13)19-22-23-20(28-19)21-17(25)12-24(29(4,26)27)18-14(2)6-5-7-15(18)3/h5-11H,12H2,1-4H3,(H,21,23,25). The predicted molar refractivity (Wildman–Crippen MR) is 117 cm³/mol. The van der Waals surface area contributed by atoms with E-state index in [0.717, 1.165) is 32.8 Å². The number of amides is 1. The van der Waals surface area contributed by atoms with Crippen molar-refractivity contribution in [1.82, 2.24) is 10.2 Å². The molecule has 0 radical (unpaired) electrons. The molecule has 7 nitrogen and oxygen atoms in total. The maximum Gasteiger partial charge on any atom is 0.246 e. The molecule has 29 heavy (non-hydrogen) atoms. The highest BCUT2D eigenvalue weighted by Crippen LogP contribution is 2.28. The molecule has 0 bridgehead atoms. The molecule has 3 rings (SSSR count). The third kappa shape index (κ3) is 4.99. The molecule has 9 heteroatoms. The molecular weight excluding hydrogens is 408 g/mol. The number of rotatable bonds is 6. The number of nitrogens with one attached hydrogen (secondary N) is 1. The number of carbonyl (C=O) groups is 1. The van der Waals surface area contributed by atoms with Crippen molar-refractivity contribution in [3.05, 3.63) is 59.2 Å². The van der Waals surface area contributed by atoms with E-state index >= 15 is 0 Å². The second-order valence-corrected chi connectivity index (χ2v) is 9.72. The molecule has 0 aliphatic heterocycles. The van der Waals surface area contributed by atoms with Crippen molar-refractivity contribution in [2.45, 2.75) is 20.8 Å². The number of hydrogen-bond donors (Lipinski definition) is 1. The van der Waals surface area contributed by atoms with E-state index in [2.05, 4.69) is 15.5 Å². The fourth-order valence-corrected chi connectivity index (χ4v) is 4.67. The normalized spacial score (nSPS) is 11.3. The summed E-state index contributed by atoms with van der Waals surface area (Å²) in [5, 5.41) is 11.8. The van der Waals surface area contributed by atoms with Crippen molar-refractivity contribution < 1.29 is 13.2 Å². The molecule has 0 unspecified atom stereocenters. The lowest BCUT2D eigenvalue weighted by Gasteiger charge is -2.25. The summed E-state index contributed by atoms with van der Waals surface area (Å²) in [6, 6.07) is 13.3. The predicted octanol–water partition coefficient (Wildman–Crippen LogP) is 3.54. The highest BCUT2D eigenvalue weighted by molar-refractivity contribution is 7.92. The molecule has 2 aromatic carbocycles. The Bertz CT molecular complexity index is 1120. The number of aryl methyl sites for hydroxylation is 3. The van der Waals surface area contributed by atoms with Gasteiger partial charge in [-0.1, -0.05) is 59.4 Å². The quantitative estimate of drug-likeness (QED) is 0.646. The summed E-state index contributed by atoms with van der Waals surface area (Å²) in [6.45, 7) is 5.29. The van der Waals surface area contributed by atoms with Gasteiger partial charge in [0.15, 0.2) is 0 Å². The maximum atomic E-state index is 12.6. The second-order valence-electron chi connectivity index (χ2n) is 6.84. The number of hydrogen-bond acceptors (Lipinski definition) is 6. The summed E-state index contributed by atoms with van der Waals surface area (Å²) in [6.07, 6.45) is 1.09. The molecule has 0 saturated carbocycles. The van der Waals surface area contributed by atoms with Crippen LogP contribution in [0.3, 0.4) is 0 Å². The fraction of sp³-hybridized carbons (Fsp3) is 0.250. The molecule has 1 amide bonds. The SMILES string of the molecule is Cc1ccc(-c2nnc(NC(=O)CN(c3c(C)cccc3C)S(C)(=O)=O)s2)cc1. The summed E-state index contributed by atoms with van der Waals surface area (Å²) in [7, 11) is -3.65. The highest BCUT2D eigenvalue weighted by Gasteiger charge is 2.24. The molecule has 0 aliphatic rings. The molecule has 0 aliphatic carbocycles. The average Bonchev–Trinajstić information content (AvgIpc) is 3.09. The topological polar surface area (TPSA) is 92.3 Å². The molecule has 0 saturated heterocycles. The van der Waals surface area contributed by atoms with Gasteiger partial charge in [0.1, 0.15) is 11.6 Å². The molecule has 1 N–H and O–H groups in total. The fourth-order valence-electron chi connectivity index (χ4n) is 2.94. The smallest absolute Gasteiger partial charge is 0.246 e. The van der Waals surface area contributed by atoms with Crippen molar-refractivity contribution in [2.75, 3.05) is 22.4 Å². The van der Waals surface area contributed by atoms with Gasteiger partial charge in [-0.15, -0.1) is 10.2 Å². The second kappa shape index (κ2) is 8.30. The number of anilines is 2. The Morgan fingerprint density at radius 1 is 1.03 bits per heavy atom. The van der Waals surface area contributed by atoms with Crippen molar-refractivity contribution >= 4 is 38.1 Å². The first-order chi connectivity index (χ1) is 13.6. The number of nitrogens with zero attached hydrogens (tertiary/aromatic N) is 3. The largest absolute Gasteiger partial charge is 0.299 e. The zero-order chi connectivity index (χ0) is 21.2. The van der Waals surface area contributed by atoms with E-state index in [1.807, 2.05) is 63.2 Å². The first-order valence-electron chi connectivity index (χ1n) is 8.89. The van der Waals surface area contributed by atoms with Crippen LogP contribution in [-0.2, 0) is 14.8 Å². The molecule has 3 aromatic rings. The van der Waals surface area contributed by atoms with Crippen LogP contribution >= 0.6 is 11.3 Å². The number of para-hydroxylation sites is 1. The van der Waals surface area contributed by atoms with Crippen LogP contribution in [0, 0.1) is 20.8 Å². The van der Waals surface area contributed by atoms with Crippen molar-refractivity contribution in [2.24, 2.45) is 0 Å². The lowest BCUT2D eigenvalue weighted by molar-refractivity contribution is -0.114. The lowest BCUT2D eigenvalue weighted by Crippen LogP contribution is -2.38. The van der Waals surface area contributed by atoms with E-state index in [0.29, 0.717) is 15.8 Å². The van der Waals surface area contributed by atoms with Crippen LogP contribution in [0.4, 0.5) is 10.8 Å². The number of carbonyl (C=O) groups excluding carboxylic acids is 1. The minimum Gasteiger partial charge on any atom is -0.299 e. The number of benzene rings is 2. The van der Waals surface area contributed by atoms with Crippen LogP contribution in [-0.4, -0.2) is 37.3 Å². The summed E-state index contributed by atoms with van der Waals surface area (Å²) in [5.41, 5.74) is 4.12. The highest BCUT2D eigenvalue weighted by atomic mass is 32.2. The Labute approximate surface area is 174 Å². The van der Waals surface area contributed by atoms with Gasteiger partial charge in [-0.25, -0.2) is 8.42 Å². The van der Waals surface area contributed by atoms with Crippen LogP contribution in [0.1, 0.15) is 16.7 Å². The zero-order valence-corrected chi connectivity index (χ0v) is 18.3. The van der Waals surface area contributed by atoms with Gasteiger partial charge in [0.05, 0.1) is 11.9 Å². The first kappa shape index (κ1) is 20.9. The van der Waals surface area contributed by atoms with Gasteiger partial charge >= 0.3 is 0 Å². The Morgan fingerprint density at radius 2 is 1.66 bits per heavy atom. The third-order valence-electron chi connectivity index (χ3n) is 4.35. The third-order valence-corrected chi connectivity index (χ3v) is 6.35. The van der Waals surface area contributed by atoms with Gasteiger partial charge in [0.2, 0.25) is 21.1 Å². The average molecular weight is 431 g/mol. The molecule has 152 valence electrons. The number of sulfonamides is 1. The monoisotopic (exact) mass is 430 g/mol. The van der Waals surface area contributed by atoms with Crippen molar-refractivity contribution in [3.63, 3.8) is 0 Å². The maximum absolute atomic E-state index is 12.6. The van der Waals surface area contributed by atoms with Crippen LogP contribution < -0.4 is 9.62 Å². The van der Waals surface area contributed by atoms with E-state index in [-0.39, 0.29) is 6.54 Å². The van der Waals surface area contributed by atoms with Crippen molar-refractivity contribution in [3.8, 4) is 10.6 Å². The van der Waals surface area contributed by atoms with Crippen LogP contribution in [0.15, 0.2) is 42.5 Å². The van der Waals surface area contributed by atoms with Gasteiger partial charge in [0, 0.05) is 5.56 Å². The van der Waals surface area contributed by atoms with Gasteiger partial charge in [0.25, 0.3) is 0 Å². The molecule has 1 heterocycles. The van der Waals surface area contributed by atoms with Crippen LogP contribution in [0.25, 0.3) is 10.6 Å².